The van der Waals surface area contributed by atoms with Gasteiger partial charge in [0.05, 0.1) is 18.8 Å². The summed E-state index contributed by atoms with van der Waals surface area (Å²) < 4.78 is 18.4. The van der Waals surface area contributed by atoms with E-state index in [1.807, 2.05) is 91.0 Å². The summed E-state index contributed by atoms with van der Waals surface area (Å²) in [7, 11) is 0. The Labute approximate surface area is 280 Å². The van der Waals surface area contributed by atoms with Gasteiger partial charge in [-0.2, -0.15) is 0 Å². The van der Waals surface area contributed by atoms with E-state index in [9.17, 15) is 14.7 Å². The third-order valence-electron chi connectivity index (χ3n) is 7.90. The SMILES string of the molecule is C=CCOC(=O)NCc1cccc(-c2cccc([C@H]3O[C@@H](CSc4ccc(NC(C)=O)cc4)[C@@H](C)[C@@H](c4ccc(CO)cc4)O3)c2)c1. The molecule has 0 bridgehead atoms. The maximum atomic E-state index is 11.9. The summed E-state index contributed by atoms with van der Waals surface area (Å²) in [5, 5.41) is 15.2. The molecule has 0 unspecified atom stereocenters. The van der Waals surface area contributed by atoms with Gasteiger partial charge >= 0.3 is 6.09 Å². The van der Waals surface area contributed by atoms with Crippen LogP contribution in [0.4, 0.5) is 10.5 Å². The highest BCUT2D eigenvalue weighted by molar-refractivity contribution is 7.99. The smallest absolute Gasteiger partial charge is 0.407 e. The summed E-state index contributed by atoms with van der Waals surface area (Å²) in [5.74, 6) is 0.646. The van der Waals surface area contributed by atoms with Crippen molar-refractivity contribution in [1.29, 1.82) is 0 Å². The second-order valence-electron chi connectivity index (χ2n) is 11.4. The molecule has 47 heavy (non-hydrogen) atoms. The fraction of sp³-hybridized carbons (Fsp3) is 0.263. The molecule has 2 amide bonds. The minimum absolute atomic E-state index is 0.0173. The van der Waals surface area contributed by atoms with Crippen molar-refractivity contribution < 1.29 is 28.9 Å². The van der Waals surface area contributed by atoms with Gasteiger partial charge in [-0.05, 0) is 64.2 Å². The van der Waals surface area contributed by atoms with E-state index in [-0.39, 0.29) is 37.2 Å². The third kappa shape index (κ3) is 9.33. The maximum Gasteiger partial charge on any atom is 0.407 e. The number of hydrogen-bond acceptors (Lipinski definition) is 7. The first-order valence-corrected chi connectivity index (χ1v) is 16.5. The summed E-state index contributed by atoms with van der Waals surface area (Å²) in [6, 6.07) is 31.8. The lowest BCUT2D eigenvalue weighted by Crippen LogP contribution is -2.38. The summed E-state index contributed by atoms with van der Waals surface area (Å²) in [5.41, 5.74) is 6.48. The molecule has 244 valence electrons. The first-order chi connectivity index (χ1) is 22.8. The van der Waals surface area contributed by atoms with Gasteiger partial charge in [-0.25, -0.2) is 4.79 Å². The van der Waals surface area contributed by atoms with Crippen molar-refractivity contribution >= 4 is 29.4 Å². The Morgan fingerprint density at radius 1 is 0.915 bits per heavy atom. The second kappa shape index (κ2) is 16.4. The normalized spacial score (nSPS) is 19.0. The number of aliphatic hydroxyl groups excluding tert-OH is 1. The van der Waals surface area contributed by atoms with Crippen LogP contribution >= 0.6 is 11.8 Å². The van der Waals surface area contributed by atoms with E-state index in [0.29, 0.717) is 12.3 Å². The molecule has 4 aromatic carbocycles. The molecule has 4 aromatic rings. The highest BCUT2D eigenvalue weighted by Gasteiger charge is 2.38. The number of rotatable bonds is 12. The molecule has 0 aliphatic carbocycles. The second-order valence-corrected chi connectivity index (χ2v) is 12.5. The van der Waals surface area contributed by atoms with Crippen LogP contribution in [0.2, 0.25) is 0 Å². The maximum absolute atomic E-state index is 11.9. The fourth-order valence-corrected chi connectivity index (χ4v) is 6.48. The van der Waals surface area contributed by atoms with Crippen LogP contribution in [0.25, 0.3) is 11.1 Å². The first-order valence-electron chi connectivity index (χ1n) is 15.5. The van der Waals surface area contributed by atoms with Crippen LogP contribution < -0.4 is 10.6 Å². The molecule has 0 spiro atoms. The van der Waals surface area contributed by atoms with Gasteiger partial charge in [0, 0.05) is 41.3 Å². The van der Waals surface area contributed by atoms with E-state index in [1.165, 1.54) is 13.0 Å². The van der Waals surface area contributed by atoms with Crippen LogP contribution in [-0.2, 0) is 32.2 Å². The van der Waals surface area contributed by atoms with Crippen molar-refractivity contribution in [2.45, 2.75) is 50.4 Å². The predicted molar refractivity (Wildman–Crippen MR) is 185 cm³/mol. The first kappa shape index (κ1) is 33.9. The Morgan fingerprint density at radius 2 is 1.64 bits per heavy atom. The number of carbonyl (C=O) groups is 2. The number of carbonyl (C=O) groups excluding carboxylic acids is 2. The van der Waals surface area contributed by atoms with Crippen molar-refractivity contribution in [1.82, 2.24) is 5.32 Å². The van der Waals surface area contributed by atoms with E-state index in [4.69, 9.17) is 14.2 Å². The van der Waals surface area contributed by atoms with Crippen LogP contribution in [0.3, 0.4) is 0 Å². The number of benzene rings is 4. The van der Waals surface area contributed by atoms with Gasteiger partial charge in [-0.15, -0.1) is 11.8 Å². The van der Waals surface area contributed by atoms with E-state index >= 15 is 0 Å². The molecular weight excluding hydrogens is 612 g/mol. The molecular formula is C38H40N2O6S. The number of thioether (sulfide) groups is 1. The Balaban J connectivity index is 1.35. The van der Waals surface area contributed by atoms with Crippen molar-refractivity contribution in [2.24, 2.45) is 5.92 Å². The van der Waals surface area contributed by atoms with E-state index in [1.54, 1.807) is 11.8 Å². The van der Waals surface area contributed by atoms with E-state index in [2.05, 4.69) is 30.2 Å². The monoisotopic (exact) mass is 652 g/mol. The molecule has 1 saturated heterocycles. The molecule has 8 nitrogen and oxygen atoms in total. The van der Waals surface area contributed by atoms with Gasteiger partial charge in [0.2, 0.25) is 5.91 Å². The van der Waals surface area contributed by atoms with Crippen LogP contribution in [0.5, 0.6) is 0 Å². The summed E-state index contributed by atoms with van der Waals surface area (Å²) in [4.78, 5) is 24.4. The molecule has 1 fully saturated rings. The lowest BCUT2D eigenvalue weighted by molar-refractivity contribution is -0.268. The Morgan fingerprint density at radius 3 is 2.34 bits per heavy atom. The molecule has 0 aromatic heterocycles. The van der Waals surface area contributed by atoms with Gasteiger partial charge < -0.3 is 30.0 Å². The topological polar surface area (TPSA) is 106 Å². The fourth-order valence-electron chi connectivity index (χ4n) is 5.41. The summed E-state index contributed by atoms with van der Waals surface area (Å²) >= 11 is 1.70. The van der Waals surface area contributed by atoms with E-state index < -0.39 is 12.4 Å². The number of amides is 2. The van der Waals surface area contributed by atoms with Gasteiger partial charge in [0.1, 0.15) is 6.61 Å². The standard InChI is InChI=1S/C38H40N2O6S/c1-4-19-44-38(43)39-22-28-7-5-8-30(20-28)31-9-6-10-32(21-31)37-45-35(24-47-34-17-15-33(16-18-34)40-26(3)42)25(2)36(46-37)29-13-11-27(23-41)12-14-29/h4-18,20-21,25,35-37,41H,1,19,22-24H2,2-3H3,(H,39,43)(H,40,42)/t25-,35+,36+,37+/m1/s1. The molecule has 4 atom stereocenters. The van der Waals surface area contributed by atoms with Gasteiger partial charge in [0.25, 0.3) is 0 Å². The highest BCUT2D eigenvalue weighted by atomic mass is 32.2. The van der Waals surface area contributed by atoms with Crippen LogP contribution in [0.1, 0.15) is 48.5 Å². The molecule has 1 heterocycles. The quantitative estimate of drug-likeness (QED) is 0.106. The zero-order valence-electron chi connectivity index (χ0n) is 26.6. The summed E-state index contributed by atoms with van der Waals surface area (Å²) in [6.07, 6.45) is 0.0705. The van der Waals surface area contributed by atoms with Crippen molar-refractivity contribution in [3.8, 4) is 11.1 Å². The lowest BCUT2D eigenvalue weighted by atomic mass is 9.91. The van der Waals surface area contributed by atoms with E-state index in [0.717, 1.165) is 44.0 Å². The molecule has 1 aliphatic rings. The molecule has 0 radical (unpaired) electrons. The molecule has 5 rings (SSSR count). The number of nitrogens with one attached hydrogen (secondary N) is 2. The molecule has 1 aliphatic heterocycles. The number of aliphatic hydroxyl groups is 1. The Hall–Kier alpha value is -4.41. The van der Waals surface area contributed by atoms with Crippen LogP contribution in [-0.4, -0.2) is 35.6 Å². The van der Waals surface area contributed by atoms with Crippen molar-refractivity contribution in [3.63, 3.8) is 0 Å². The predicted octanol–water partition coefficient (Wildman–Crippen LogP) is 7.80. The number of hydrogen-bond donors (Lipinski definition) is 3. The zero-order chi connectivity index (χ0) is 33.2. The Bertz CT molecular complexity index is 1660. The summed E-state index contributed by atoms with van der Waals surface area (Å²) in [6.45, 7) is 7.68. The van der Waals surface area contributed by atoms with Crippen molar-refractivity contribution in [3.05, 3.63) is 132 Å². The molecule has 3 N–H and O–H groups in total. The van der Waals surface area contributed by atoms with Crippen LogP contribution in [0.15, 0.2) is 115 Å². The Kier molecular flexibility index (Phi) is 11.9. The van der Waals surface area contributed by atoms with Gasteiger partial charge in [0.15, 0.2) is 6.29 Å². The third-order valence-corrected chi connectivity index (χ3v) is 9.00. The van der Waals surface area contributed by atoms with Gasteiger partial charge in [-0.3, -0.25) is 4.79 Å². The average Bonchev–Trinajstić information content (AvgIpc) is 3.10. The minimum Gasteiger partial charge on any atom is -0.445 e. The average molecular weight is 653 g/mol. The number of alkyl carbamates (subject to hydrolysis) is 1. The molecule has 9 heteroatoms. The largest absolute Gasteiger partial charge is 0.445 e. The lowest BCUT2D eigenvalue weighted by Gasteiger charge is -2.41. The number of anilines is 1. The number of ether oxygens (including phenoxy) is 3. The van der Waals surface area contributed by atoms with Gasteiger partial charge in [-0.1, -0.05) is 80.2 Å². The van der Waals surface area contributed by atoms with Crippen molar-refractivity contribution in [2.75, 3.05) is 17.7 Å². The zero-order valence-corrected chi connectivity index (χ0v) is 27.4. The highest BCUT2D eigenvalue weighted by Crippen LogP contribution is 2.43. The van der Waals surface area contributed by atoms with Crippen LogP contribution in [0, 0.1) is 5.92 Å². The molecule has 0 saturated carbocycles. The minimum atomic E-state index is -0.606.